The fourth-order valence-electron chi connectivity index (χ4n) is 3.46. The predicted molar refractivity (Wildman–Crippen MR) is 82.9 cm³/mol. The Labute approximate surface area is 128 Å². The number of carbonyl (C=O) groups excluding carboxylic acids is 2. The van der Waals surface area contributed by atoms with E-state index in [0.29, 0.717) is 18.5 Å². The van der Waals surface area contributed by atoms with Gasteiger partial charge in [0.1, 0.15) is 0 Å². The molecule has 2 fully saturated rings. The highest BCUT2D eigenvalue weighted by atomic mass is 16.2. The summed E-state index contributed by atoms with van der Waals surface area (Å²) >= 11 is 0. The van der Waals surface area contributed by atoms with Crippen LogP contribution in [0.5, 0.6) is 0 Å². The normalized spacial score (nSPS) is 22.8. The SMILES string of the molecule is CCC1(CC)CCN(C(=O)C(=O)N2CCCNCC2)CC1. The van der Waals surface area contributed by atoms with Crippen LogP contribution >= 0.6 is 0 Å². The Morgan fingerprint density at radius 1 is 0.905 bits per heavy atom. The molecule has 120 valence electrons. The van der Waals surface area contributed by atoms with Crippen molar-refractivity contribution in [3.05, 3.63) is 0 Å². The maximum absolute atomic E-state index is 12.4. The number of nitrogens with zero attached hydrogens (tertiary/aromatic N) is 2. The van der Waals surface area contributed by atoms with E-state index >= 15 is 0 Å². The first kappa shape index (κ1) is 16.3. The molecule has 0 saturated carbocycles. The lowest BCUT2D eigenvalue weighted by atomic mass is 9.74. The van der Waals surface area contributed by atoms with Crippen LogP contribution in [0.2, 0.25) is 0 Å². The molecule has 0 aromatic carbocycles. The molecule has 0 atom stereocenters. The lowest BCUT2D eigenvalue weighted by Gasteiger charge is -2.41. The molecular weight excluding hydrogens is 266 g/mol. The van der Waals surface area contributed by atoms with E-state index in [9.17, 15) is 9.59 Å². The van der Waals surface area contributed by atoms with E-state index in [1.54, 1.807) is 9.80 Å². The minimum atomic E-state index is -0.306. The average molecular weight is 295 g/mol. The minimum absolute atomic E-state index is 0.294. The van der Waals surface area contributed by atoms with E-state index in [0.717, 1.165) is 58.3 Å². The van der Waals surface area contributed by atoms with Gasteiger partial charge in [-0.1, -0.05) is 26.7 Å². The van der Waals surface area contributed by atoms with E-state index in [4.69, 9.17) is 0 Å². The molecule has 0 aromatic heterocycles. The summed E-state index contributed by atoms with van der Waals surface area (Å²) in [4.78, 5) is 28.2. The van der Waals surface area contributed by atoms with Crippen LogP contribution in [0, 0.1) is 5.41 Å². The standard InChI is InChI=1S/C16H29N3O2/c1-3-16(4-2)6-11-19(12-7-16)15(21)14(20)18-10-5-8-17-9-13-18/h17H,3-13H2,1-2H3. The van der Waals surface area contributed by atoms with Crippen LogP contribution in [-0.4, -0.2) is 60.9 Å². The molecule has 0 spiro atoms. The fourth-order valence-corrected chi connectivity index (χ4v) is 3.46. The van der Waals surface area contributed by atoms with Crippen molar-refractivity contribution in [1.82, 2.24) is 15.1 Å². The number of hydrogen-bond acceptors (Lipinski definition) is 3. The summed E-state index contributed by atoms with van der Waals surface area (Å²) in [6, 6.07) is 0. The van der Waals surface area contributed by atoms with Crippen molar-refractivity contribution >= 4 is 11.8 Å². The fraction of sp³-hybridized carbons (Fsp3) is 0.875. The maximum Gasteiger partial charge on any atom is 0.312 e. The number of amides is 2. The molecule has 0 aliphatic carbocycles. The van der Waals surface area contributed by atoms with Crippen LogP contribution in [0.4, 0.5) is 0 Å². The summed E-state index contributed by atoms with van der Waals surface area (Å²) in [5.74, 6) is -0.600. The van der Waals surface area contributed by atoms with Gasteiger partial charge in [0, 0.05) is 32.7 Å². The van der Waals surface area contributed by atoms with Crippen molar-refractivity contribution in [1.29, 1.82) is 0 Å². The summed E-state index contributed by atoms with van der Waals surface area (Å²) in [6.45, 7) is 8.99. The molecule has 0 radical (unpaired) electrons. The third-order valence-corrected chi connectivity index (χ3v) is 5.42. The molecule has 2 amide bonds. The van der Waals surface area contributed by atoms with Gasteiger partial charge in [-0.05, 0) is 31.2 Å². The van der Waals surface area contributed by atoms with Gasteiger partial charge in [-0.3, -0.25) is 9.59 Å². The summed E-state index contributed by atoms with van der Waals surface area (Å²) in [7, 11) is 0. The van der Waals surface area contributed by atoms with E-state index < -0.39 is 0 Å². The average Bonchev–Trinajstić information content (AvgIpc) is 2.83. The zero-order valence-electron chi connectivity index (χ0n) is 13.5. The molecule has 2 heterocycles. The summed E-state index contributed by atoms with van der Waals surface area (Å²) < 4.78 is 0. The highest BCUT2D eigenvalue weighted by Gasteiger charge is 2.35. The van der Waals surface area contributed by atoms with Gasteiger partial charge >= 0.3 is 11.8 Å². The second-order valence-electron chi connectivity index (χ2n) is 6.40. The second kappa shape index (κ2) is 7.25. The first-order valence-corrected chi connectivity index (χ1v) is 8.41. The van der Waals surface area contributed by atoms with Gasteiger partial charge in [0.25, 0.3) is 0 Å². The molecule has 21 heavy (non-hydrogen) atoms. The Bertz CT molecular complexity index is 362. The highest BCUT2D eigenvalue weighted by molar-refractivity contribution is 6.34. The van der Waals surface area contributed by atoms with Gasteiger partial charge in [-0.15, -0.1) is 0 Å². The highest BCUT2D eigenvalue weighted by Crippen LogP contribution is 2.37. The smallest absolute Gasteiger partial charge is 0.312 e. The summed E-state index contributed by atoms with van der Waals surface area (Å²) in [5, 5.41) is 3.26. The lowest BCUT2D eigenvalue weighted by molar-refractivity contribution is -0.153. The lowest BCUT2D eigenvalue weighted by Crippen LogP contribution is -2.50. The topological polar surface area (TPSA) is 52.7 Å². The first-order valence-electron chi connectivity index (χ1n) is 8.41. The van der Waals surface area contributed by atoms with Gasteiger partial charge in [0.05, 0.1) is 0 Å². The molecule has 5 nitrogen and oxygen atoms in total. The van der Waals surface area contributed by atoms with Crippen LogP contribution in [-0.2, 0) is 9.59 Å². The van der Waals surface area contributed by atoms with Crippen molar-refractivity contribution in [2.75, 3.05) is 39.3 Å². The molecular formula is C16H29N3O2. The molecule has 1 N–H and O–H groups in total. The number of hydrogen-bond donors (Lipinski definition) is 1. The molecule has 0 aromatic rings. The number of carbonyl (C=O) groups is 2. The van der Waals surface area contributed by atoms with Crippen molar-refractivity contribution in [2.45, 2.75) is 46.0 Å². The van der Waals surface area contributed by atoms with Gasteiger partial charge < -0.3 is 15.1 Å². The third kappa shape index (κ3) is 3.76. The van der Waals surface area contributed by atoms with Crippen molar-refractivity contribution in [3.63, 3.8) is 0 Å². The van der Waals surface area contributed by atoms with Gasteiger partial charge in [-0.25, -0.2) is 0 Å². The predicted octanol–water partition coefficient (Wildman–Crippen LogP) is 1.24. The molecule has 0 unspecified atom stereocenters. The molecule has 2 rings (SSSR count). The zero-order valence-corrected chi connectivity index (χ0v) is 13.5. The molecule has 2 saturated heterocycles. The van der Waals surface area contributed by atoms with E-state index in [1.807, 2.05) is 0 Å². The molecule has 2 aliphatic rings. The van der Waals surface area contributed by atoms with Crippen LogP contribution < -0.4 is 5.32 Å². The van der Waals surface area contributed by atoms with Crippen molar-refractivity contribution < 1.29 is 9.59 Å². The quantitative estimate of drug-likeness (QED) is 0.780. The largest absolute Gasteiger partial charge is 0.334 e. The van der Waals surface area contributed by atoms with Crippen LogP contribution in [0.3, 0.4) is 0 Å². The van der Waals surface area contributed by atoms with Crippen LogP contribution in [0.25, 0.3) is 0 Å². The summed E-state index contributed by atoms with van der Waals surface area (Å²) in [6.07, 6.45) is 5.31. The number of likely N-dealkylation sites (tertiary alicyclic amines) is 1. The Morgan fingerprint density at radius 3 is 2.05 bits per heavy atom. The van der Waals surface area contributed by atoms with Crippen molar-refractivity contribution in [3.8, 4) is 0 Å². The van der Waals surface area contributed by atoms with Crippen molar-refractivity contribution in [2.24, 2.45) is 5.41 Å². The van der Waals surface area contributed by atoms with E-state index in [-0.39, 0.29) is 11.8 Å². The summed E-state index contributed by atoms with van der Waals surface area (Å²) in [5.41, 5.74) is 0.381. The number of piperidine rings is 1. The maximum atomic E-state index is 12.4. The van der Waals surface area contributed by atoms with Crippen LogP contribution in [0.1, 0.15) is 46.0 Å². The third-order valence-electron chi connectivity index (χ3n) is 5.42. The van der Waals surface area contributed by atoms with E-state index in [1.165, 1.54) is 0 Å². The first-order chi connectivity index (χ1) is 10.1. The Balaban J connectivity index is 1.90. The number of nitrogens with one attached hydrogen (secondary N) is 1. The monoisotopic (exact) mass is 295 g/mol. The molecule has 5 heteroatoms. The molecule has 0 bridgehead atoms. The Kier molecular flexibility index (Phi) is 5.62. The van der Waals surface area contributed by atoms with Crippen LogP contribution in [0.15, 0.2) is 0 Å². The Morgan fingerprint density at radius 2 is 1.48 bits per heavy atom. The second-order valence-corrected chi connectivity index (χ2v) is 6.40. The molecule has 2 aliphatic heterocycles. The zero-order chi connectivity index (χ0) is 15.3. The van der Waals surface area contributed by atoms with E-state index in [2.05, 4.69) is 19.2 Å². The van der Waals surface area contributed by atoms with Gasteiger partial charge in [0.2, 0.25) is 0 Å². The minimum Gasteiger partial charge on any atom is -0.334 e. The van der Waals surface area contributed by atoms with Gasteiger partial charge in [0.15, 0.2) is 0 Å². The number of rotatable bonds is 2. The Hall–Kier alpha value is -1.10. The van der Waals surface area contributed by atoms with Gasteiger partial charge in [-0.2, -0.15) is 0 Å².